The first-order valence-corrected chi connectivity index (χ1v) is 10.5. The molecule has 1 atom stereocenters. The molecule has 10 heteroatoms. The lowest BCUT2D eigenvalue weighted by molar-refractivity contribution is -0.115. The second kappa shape index (κ2) is 9.85. The maximum absolute atomic E-state index is 12.5. The van der Waals surface area contributed by atoms with Crippen molar-refractivity contribution < 1.29 is 9.53 Å². The van der Waals surface area contributed by atoms with Crippen LogP contribution < -0.4 is 10.1 Å². The molecular weight excluding hydrogens is 445 g/mol. The van der Waals surface area contributed by atoms with Crippen LogP contribution in [0.1, 0.15) is 18.3 Å². The van der Waals surface area contributed by atoms with Gasteiger partial charge in [0.1, 0.15) is 18.4 Å². The number of amides is 1. The van der Waals surface area contributed by atoms with Gasteiger partial charge >= 0.3 is 0 Å². The van der Waals surface area contributed by atoms with Crippen molar-refractivity contribution in [2.75, 3.05) is 5.32 Å². The number of rotatable bonds is 7. The molecule has 0 aliphatic carbocycles. The summed E-state index contributed by atoms with van der Waals surface area (Å²) < 4.78 is 7.47. The van der Waals surface area contributed by atoms with E-state index in [2.05, 4.69) is 15.5 Å². The molecular formula is C20H17Cl2N5O2S. The Morgan fingerprint density at radius 2 is 2.03 bits per heavy atom. The van der Waals surface area contributed by atoms with Gasteiger partial charge in [0.05, 0.1) is 20.9 Å². The van der Waals surface area contributed by atoms with E-state index in [0.29, 0.717) is 33.0 Å². The molecule has 2 aromatic carbocycles. The molecule has 1 aromatic heterocycles. The molecule has 1 N–H and O–H groups in total. The van der Waals surface area contributed by atoms with Crippen LogP contribution in [0.4, 0.5) is 5.69 Å². The highest BCUT2D eigenvalue weighted by molar-refractivity contribution is 8.00. The van der Waals surface area contributed by atoms with Gasteiger partial charge in [-0.2, -0.15) is 5.26 Å². The number of nitrogens with one attached hydrogen (secondary N) is 1. The standard InChI is InChI=1S/C20H17Cl2N5O2S/c1-12(19(28)24-14-8-7-13(10-23)16(22)9-14)30-20-26-25-18(27(20)2)11-29-17-6-4-3-5-15(17)21/h3-9,12H,11H2,1-2H3,(H,24,28). The number of aromatic nitrogens is 3. The first-order chi connectivity index (χ1) is 14.4. The van der Waals surface area contributed by atoms with Crippen LogP contribution >= 0.6 is 35.0 Å². The molecule has 3 rings (SSSR count). The molecule has 3 aromatic rings. The van der Waals surface area contributed by atoms with Gasteiger partial charge in [-0.25, -0.2) is 0 Å². The Labute approximate surface area is 188 Å². The summed E-state index contributed by atoms with van der Waals surface area (Å²) in [6.45, 7) is 1.96. The van der Waals surface area contributed by atoms with E-state index >= 15 is 0 Å². The summed E-state index contributed by atoms with van der Waals surface area (Å²) in [5.41, 5.74) is 0.867. The number of halogens is 2. The van der Waals surface area contributed by atoms with Gasteiger partial charge in [-0.3, -0.25) is 4.79 Å². The number of thioether (sulfide) groups is 1. The smallest absolute Gasteiger partial charge is 0.237 e. The maximum Gasteiger partial charge on any atom is 0.237 e. The topological polar surface area (TPSA) is 92.8 Å². The number of para-hydroxylation sites is 1. The van der Waals surface area contributed by atoms with Crippen molar-refractivity contribution in [3.8, 4) is 11.8 Å². The first kappa shape index (κ1) is 22.0. The predicted octanol–water partition coefficient (Wildman–Crippen LogP) is 4.69. The van der Waals surface area contributed by atoms with E-state index in [1.165, 1.54) is 11.8 Å². The Morgan fingerprint density at radius 3 is 2.73 bits per heavy atom. The van der Waals surface area contributed by atoms with Crippen molar-refractivity contribution in [3.63, 3.8) is 0 Å². The van der Waals surface area contributed by atoms with Crippen LogP contribution in [0.5, 0.6) is 5.75 Å². The van der Waals surface area contributed by atoms with Crippen molar-refractivity contribution in [3.05, 3.63) is 63.9 Å². The Morgan fingerprint density at radius 1 is 1.27 bits per heavy atom. The molecule has 0 saturated heterocycles. The molecule has 7 nitrogen and oxygen atoms in total. The minimum Gasteiger partial charge on any atom is -0.484 e. The Bertz CT molecular complexity index is 1110. The van der Waals surface area contributed by atoms with Gasteiger partial charge in [0.2, 0.25) is 5.91 Å². The van der Waals surface area contributed by atoms with Crippen LogP contribution in [0.15, 0.2) is 47.6 Å². The van der Waals surface area contributed by atoms with Crippen LogP contribution in [0.2, 0.25) is 10.0 Å². The number of benzene rings is 2. The minimum absolute atomic E-state index is 0.193. The zero-order valence-electron chi connectivity index (χ0n) is 16.1. The van der Waals surface area contributed by atoms with E-state index in [4.69, 9.17) is 33.2 Å². The van der Waals surface area contributed by atoms with Crippen LogP contribution in [0.25, 0.3) is 0 Å². The quantitative estimate of drug-likeness (QED) is 0.512. The van der Waals surface area contributed by atoms with Crippen LogP contribution in [-0.2, 0) is 18.4 Å². The van der Waals surface area contributed by atoms with E-state index in [1.54, 1.807) is 48.9 Å². The molecule has 1 heterocycles. The Balaban J connectivity index is 1.60. The normalized spacial score (nSPS) is 11.6. The average molecular weight is 462 g/mol. The molecule has 1 unspecified atom stereocenters. The number of nitrogens with zero attached hydrogens (tertiary/aromatic N) is 4. The summed E-state index contributed by atoms with van der Waals surface area (Å²) in [6, 6.07) is 13.9. The summed E-state index contributed by atoms with van der Waals surface area (Å²) in [4.78, 5) is 12.5. The molecule has 0 aliphatic rings. The Hall–Kier alpha value is -2.73. The maximum atomic E-state index is 12.5. The van der Waals surface area contributed by atoms with Gasteiger partial charge in [-0.15, -0.1) is 10.2 Å². The second-order valence-corrected chi connectivity index (χ2v) is 8.36. The zero-order chi connectivity index (χ0) is 21.7. The predicted molar refractivity (Wildman–Crippen MR) is 117 cm³/mol. The number of ether oxygens (including phenoxy) is 1. The number of hydrogen-bond donors (Lipinski definition) is 1. The van der Waals surface area contributed by atoms with Crippen molar-refractivity contribution >= 4 is 46.6 Å². The lowest BCUT2D eigenvalue weighted by atomic mass is 10.2. The summed E-state index contributed by atoms with van der Waals surface area (Å²) in [5, 5.41) is 20.9. The largest absolute Gasteiger partial charge is 0.484 e. The summed E-state index contributed by atoms with van der Waals surface area (Å²) >= 11 is 13.4. The van der Waals surface area contributed by atoms with E-state index in [1.807, 2.05) is 18.2 Å². The number of nitriles is 1. The number of hydrogen-bond acceptors (Lipinski definition) is 6. The van der Waals surface area contributed by atoms with Crippen LogP contribution in [-0.4, -0.2) is 25.9 Å². The fourth-order valence-electron chi connectivity index (χ4n) is 2.42. The monoisotopic (exact) mass is 461 g/mol. The zero-order valence-corrected chi connectivity index (χ0v) is 18.4. The fraction of sp³-hybridized carbons (Fsp3) is 0.200. The molecule has 30 heavy (non-hydrogen) atoms. The second-order valence-electron chi connectivity index (χ2n) is 6.23. The van der Waals surface area contributed by atoms with E-state index in [-0.39, 0.29) is 17.5 Å². The number of anilines is 1. The third kappa shape index (κ3) is 5.25. The van der Waals surface area contributed by atoms with Crippen molar-refractivity contribution in [2.45, 2.75) is 23.9 Å². The van der Waals surface area contributed by atoms with Crippen LogP contribution in [0, 0.1) is 11.3 Å². The van der Waals surface area contributed by atoms with Gasteiger partial charge in [0.15, 0.2) is 11.0 Å². The molecule has 0 radical (unpaired) electrons. The molecule has 0 saturated carbocycles. The molecule has 154 valence electrons. The van der Waals surface area contributed by atoms with Crippen molar-refractivity contribution in [1.82, 2.24) is 14.8 Å². The summed E-state index contributed by atoms with van der Waals surface area (Å²) in [7, 11) is 1.80. The lowest BCUT2D eigenvalue weighted by Gasteiger charge is -2.12. The van der Waals surface area contributed by atoms with Gasteiger partial charge in [0, 0.05) is 12.7 Å². The fourth-order valence-corrected chi connectivity index (χ4v) is 3.66. The number of carbonyl (C=O) groups excluding carboxylic acids is 1. The van der Waals surface area contributed by atoms with Gasteiger partial charge in [-0.05, 0) is 37.3 Å². The van der Waals surface area contributed by atoms with Gasteiger partial charge < -0.3 is 14.6 Å². The third-order valence-electron chi connectivity index (χ3n) is 4.13. The lowest BCUT2D eigenvalue weighted by Crippen LogP contribution is -2.22. The SMILES string of the molecule is CC(Sc1nnc(COc2ccccc2Cl)n1C)C(=O)Nc1ccc(C#N)c(Cl)c1. The third-order valence-corrected chi connectivity index (χ3v) is 5.89. The van der Waals surface area contributed by atoms with Crippen LogP contribution in [0.3, 0.4) is 0 Å². The molecule has 0 fully saturated rings. The summed E-state index contributed by atoms with van der Waals surface area (Å²) in [5.74, 6) is 0.937. The van der Waals surface area contributed by atoms with E-state index in [0.717, 1.165) is 0 Å². The molecule has 0 bridgehead atoms. The van der Waals surface area contributed by atoms with E-state index in [9.17, 15) is 4.79 Å². The average Bonchev–Trinajstić information content (AvgIpc) is 3.07. The molecule has 0 aliphatic heterocycles. The van der Waals surface area contributed by atoms with E-state index < -0.39 is 5.25 Å². The van der Waals surface area contributed by atoms with Crippen molar-refractivity contribution in [1.29, 1.82) is 5.26 Å². The Kier molecular flexibility index (Phi) is 7.21. The first-order valence-electron chi connectivity index (χ1n) is 8.81. The molecule has 1 amide bonds. The highest BCUT2D eigenvalue weighted by atomic mass is 35.5. The molecule has 0 spiro atoms. The highest BCUT2D eigenvalue weighted by Gasteiger charge is 2.19. The number of carbonyl (C=O) groups is 1. The minimum atomic E-state index is -0.445. The van der Waals surface area contributed by atoms with Gasteiger partial charge in [-0.1, -0.05) is 47.1 Å². The highest BCUT2D eigenvalue weighted by Crippen LogP contribution is 2.26. The summed E-state index contributed by atoms with van der Waals surface area (Å²) in [6.07, 6.45) is 0. The van der Waals surface area contributed by atoms with Gasteiger partial charge in [0.25, 0.3) is 0 Å². The van der Waals surface area contributed by atoms with Crippen molar-refractivity contribution in [2.24, 2.45) is 7.05 Å².